The van der Waals surface area contributed by atoms with Gasteiger partial charge in [-0.15, -0.1) is 0 Å². The molecule has 0 unspecified atom stereocenters. The quantitative estimate of drug-likeness (QED) is 0.444. The van der Waals surface area contributed by atoms with Crippen molar-refractivity contribution in [1.29, 1.82) is 5.26 Å². The largest absolute Gasteiger partial charge is 0.469 e. The van der Waals surface area contributed by atoms with E-state index in [-0.39, 0.29) is 12.1 Å². The van der Waals surface area contributed by atoms with Gasteiger partial charge in [0, 0.05) is 43.0 Å². The molecular formula is C26H25N7O. The van der Waals surface area contributed by atoms with Crippen LogP contribution in [0.25, 0.3) is 11.1 Å². The molecule has 1 aromatic carbocycles. The van der Waals surface area contributed by atoms with Crippen molar-refractivity contribution >= 4 is 5.69 Å². The van der Waals surface area contributed by atoms with E-state index in [2.05, 4.69) is 37.8 Å². The third-order valence-corrected chi connectivity index (χ3v) is 5.92. The van der Waals surface area contributed by atoms with Gasteiger partial charge in [-0.25, -0.2) is 4.98 Å². The normalized spacial score (nSPS) is 15.5. The first-order valence-electron chi connectivity index (χ1n) is 11.2. The molecule has 2 atom stereocenters. The number of hydrogen-bond donors (Lipinski definition) is 2. The molecule has 0 fully saturated rings. The van der Waals surface area contributed by atoms with Gasteiger partial charge in [0.1, 0.15) is 6.10 Å². The van der Waals surface area contributed by atoms with E-state index in [0.29, 0.717) is 18.0 Å². The first-order chi connectivity index (χ1) is 16.7. The zero-order valence-corrected chi connectivity index (χ0v) is 18.8. The maximum Gasteiger partial charge on any atom is 0.237 e. The van der Waals surface area contributed by atoms with Crippen molar-refractivity contribution < 1.29 is 4.74 Å². The van der Waals surface area contributed by atoms with Crippen molar-refractivity contribution in [2.24, 2.45) is 7.05 Å². The Morgan fingerprint density at radius 3 is 2.82 bits per heavy atom. The molecule has 0 saturated carbocycles. The van der Waals surface area contributed by atoms with Gasteiger partial charge >= 0.3 is 0 Å². The highest BCUT2D eigenvalue weighted by Crippen LogP contribution is 2.33. The smallest absolute Gasteiger partial charge is 0.237 e. The minimum absolute atomic E-state index is 0.0625. The molecule has 8 nitrogen and oxygen atoms in total. The summed E-state index contributed by atoms with van der Waals surface area (Å²) in [5.41, 5.74) is 5.79. The zero-order valence-electron chi connectivity index (χ0n) is 18.8. The summed E-state index contributed by atoms with van der Waals surface area (Å²) in [5, 5.41) is 20.4. The van der Waals surface area contributed by atoms with Gasteiger partial charge in [-0.1, -0.05) is 18.2 Å². The molecular weight excluding hydrogens is 426 g/mol. The number of nitriles is 1. The van der Waals surface area contributed by atoms with E-state index in [1.807, 2.05) is 68.2 Å². The Bertz CT molecular complexity index is 1290. The number of aryl methyl sites for hydroxylation is 1. The van der Waals surface area contributed by atoms with E-state index in [0.717, 1.165) is 35.3 Å². The molecule has 1 aliphatic heterocycles. The van der Waals surface area contributed by atoms with Gasteiger partial charge in [-0.3, -0.25) is 9.67 Å². The number of nitrogens with one attached hydrogen (secondary N) is 2. The summed E-state index contributed by atoms with van der Waals surface area (Å²) in [6.45, 7) is 1.39. The van der Waals surface area contributed by atoms with E-state index in [4.69, 9.17) is 10.00 Å². The van der Waals surface area contributed by atoms with Crippen LogP contribution in [0.3, 0.4) is 0 Å². The number of rotatable bonds is 7. The number of fused-ring (bicyclic) bond motifs is 1. The molecule has 4 heterocycles. The second-order valence-corrected chi connectivity index (χ2v) is 8.29. The average molecular weight is 452 g/mol. The van der Waals surface area contributed by atoms with Gasteiger partial charge < -0.3 is 15.4 Å². The van der Waals surface area contributed by atoms with Crippen LogP contribution in [0.4, 0.5) is 5.69 Å². The maximum absolute atomic E-state index is 8.99. The van der Waals surface area contributed by atoms with Crippen molar-refractivity contribution in [3.05, 3.63) is 90.1 Å². The molecule has 0 saturated heterocycles. The molecule has 4 aromatic rings. The zero-order chi connectivity index (χ0) is 23.3. The summed E-state index contributed by atoms with van der Waals surface area (Å²) in [6, 6.07) is 15.8. The lowest BCUT2D eigenvalue weighted by molar-refractivity contribution is 0.150. The fraction of sp³-hybridized carbons (Fsp3) is 0.231. The Balaban J connectivity index is 1.30. The van der Waals surface area contributed by atoms with Crippen LogP contribution in [0.5, 0.6) is 5.88 Å². The highest BCUT2D eigenvalue weighted by atomic mass is 16.5. The molecule has 8 heteroatoms. The second-order valence-electron chi connectivity index (χ2n) is 8.29. The predicted octanol–water partition coefficient (Wildman–Crippen LogP) is 3.50. The van der Waals surface area contributed by atoms with Crippen LogP contribution in [0, 0.1) is 11.3 Å². The van der Waals surface area contributed by atoms with Crippen LogP contribution in [-0.4, -0.2) is 38.9 Å². The lowest BCUT2D eigenvalue weighted by atomic mass is 10.0. The van der Waals surface area contributed by atoms with E-state index >= 15 is 0 Å². The first kappa shape index (κ1) is 21.6. The van der Waals surface area contributed by atoms with Crippen molar-refractivity contribution in [3.8, 4) is 23.1 Å². The number of aromatic nitrogens is 4. The standard InChI is InChI=1S/C26H25N7O/c1-33-17-22(15-32-33)21-11-23-26(31-14-21)34-24(16-30-23)25(20-3-2-9-28-13-20)29-10-8-18-4-6-19(12-27)7-5-18/h2-7,9,11,13-15,17,24-25,29-30H,8,10,16H2,1H3/t24-,25+/m0/s1. The number of benzene rings is 1. The fourth-order valence-corrected chi connectivity index (χ4v) is 4.12. The predicted molar refractivity (Wildman–Crippen MR) is 129 cm³/mol. The van der Waals surface area contributed by atoms with Gasteiger partial charge in [0.25, 0.3) is 0 Å². The fourth-order valence-electron chi connectivity index (χ4n) is 4.12. The molecule has 170 valence electrons. The van der Waals surface area contributed by atoms with Crippen molar-refractivity contribution in [2.75, 3.05) is 18.4 Å². The van der Waals surface area contributed by atoms with Gasteiger partial charge in [-0.2, -0.15) is 10.4 Å². The molecule has 0 spiro atoms. The molecule has 3 aromatic heterocycles. The summed E-state index contributed by atoms with van der Waals surface area (Å²) >= 11 is 0. The molecule has 0 bridgehead atoms. The van der Waals surface area contributed by atoms with Crippen molar-refractivity contribution in [1.82, 2.24) is 25.1 Å². The van der Waals surface area contributed by atoms with Crippen molar-refractivity contribution in [2.45, 2.75) is 18.6 Å². The maximum atomic E-state index is 8.99. The Labute approximate surface area is 198 Å². The van der Waals surface area contributed by atoms with Crippen LogP contribution >= 0.6 is 0 Å². The second kappa shape index (κ2) is 9.73. The van der Waals surface area contributed by atoms with Crippen LogP contribution in [-0.2, 0) is 13.5 Å². The average Bonchev–Trinajstić information content (AvgIpc) is 3.33. The molecule has 5 rings (SSSR count). The topological polar surface area (TPSA) is 101 Å². The van der Waals surface area contributed by atoms with Crippen LogP contribution in [0.15, 0.2) is 73.4 Å². The summed E-state index contributed by atoms with van der Waals surface area (Å²) in [4.78, 5) is 8.89. The molecule has 2 N–H and O–H groups in total. The Hall–Kier alpha value is -4.22. The minimum atomic E-state index is -0.158. The molecule has 0 radical (unpaired) electrons. The summed E-state index contributed by atoms with van der Waals surface area (Å²) in [5.74, 6) is 0.590. The summed E-state index contributed by atoms with van der Waals surface area (Å²) in [6.07, 6.45) is 9.93. The van der Waals surface area contributed by atoms with Gasteiger partial charge in [0.2, 0.25) is 5.88 Å². The molecule has 1 aliphatic rings. The minimum Gasteiger partial charge on any atom is -0.469 e. The first-order valence-corrected chi connectivity index (χ1v) is 11.2. The molecule has 34 heavy (non-hydrogen) atoms. The van der Waals surface area contributed by atoms with Crippen LogP contribution < -0.4 is 15.4 Å². The Morgan fingerprint density at radius 1 is 1.21 bits per heavy atom. The third kappa shape index (κ3) is 4.75. The lowest BCUT2D eigenvalue weighted by Gasteiger charge is -2.33. The van der Waals surface area contributed by atoms with Crippen LogP contribution in [0.1, 0.15) is 22.7 Å². The lowest BCUT2D eigenvalue weighted by Crippen LogP contribution is -2.43. The number of anilines is 1. The highest BCUT2D eigenvalue weighted by Gasteiger charge is 2.30. The van der Waals surface area contributed by atoms with Crippen LogP contribution in [0.2, 0.25) is 0 Å². The monoisotopic (exact) mass is 451 g/mol. The highest BCUT2D eigenvalue weighted by molar-refractivity contribution is 5.69. The van der Waals surface area contributed by atoms with E-state index < -0.39 is 0 Å². The van der Waals surface area contributed by atoms with E-state index in [1.54, 1.807) is 10.9 Å². The number of hydrogen-bond acceptors (Lipinski definition) is 7. The van der Waals surface area contributed by atoms with E-state index in [1.165, 1.54) is 5.56 Å². The number of ether oxygens (including phenoxy) is 1. The Morgan fingerprint density at radius 2 is 2.09 bits per heavy atom. The van der Waals surface area contributed by atoms with Gasteiger partial charge in [-0.05, 0) is 48.4 Å². The number of pyridine rings is 2. The Kier molecular flexibility index (Phi) is 6.19. The number of nitrogens with zero attached hydrogens (tertiary/aromatic N) is 5. The molecule has 0 aliphatic carbocycles. The molecule has 0 amide bonds. The third-order valence-electron chi connectivity index (χ3n) is 5.92. The van der Waals surface area contributed by atoms with E-state index in [9.17, 15) is 0 Å². The summed E-state index contributed by atoms with van der Waals surface area (Å²) in [7, 11) is 1.90. The van der Waals surface area contributed by atoms with Crippen molar-refractivity contribution in [3.63, 3.8) is 0 Å². The SMILES string of the molecule is Cn1cc(-c2cnc3c(c2)NC[C@@H]([C@H](NCCc2ccc(C#N)cc2)c2cccnc2)O3)cn1. The summed E-state index contributed by atoms with van der Waals surface area (Å²) < 4.78 is 8.13. The van der Waals surface area contributed by atoms with Gasteiger partial charge in [0.05, 0.1) is 36.1 Å². The van der Waals surface area contributed by atoms with Gasteiger partial charge in [0.15, 0.2) is 0 Å².